The van der Waals surface area contributed by atoms with Crippen LogP contribution in [0.15, 0.2) is 83.8 Å². The molecule has 0 saturated carbocycles. The van der Waals surface area contributed by atoms with Gasteiger partial charge in [-0.1, -0.05) is 74.7 Å². The molecule has 0 aliphatic carbocycles. The molecule has 276 valence electrons. The molecule has 53 heavy (non-hydrogen) atoms. The fraction of sp³-hybridized carbons (Fsp3) is 0.300. The quantitative estimate of drug-likeness (QED) is 0.139. The van der Waals surface area contributed by atoms with E-state index >= 15 is 0 Å². The number of unbranched alkanes of at least 4 members (excludes halogenated alkanes) is 2. The number of aromatic nitrogens is 2. The predicted molar refractivity (Wildman–Crippen MR) is 204 cm³/mol. The second-order valence-corrected chi connectivity index (χ2v) is 15.3. The molecule has 4 aromatic carbocycles. The van der Waals surface area contributed by atoms with Crippen LogP contribution in [0.25, 0.3) is 16.5 Å². The number of nitrogens with zero attached hydrogens (tertiary/aromatic N) is 4. The van der Waals surface area contributed by atoms with Crippen LogP contribution in [0, 0.1) is 6.92 Å². The van der Waals surface area contributed by atoms with Crippen molar-refractivity contribution in [3.63, 3.8) is 0 Å². The molecule has 0 radical (unpaired) electrons. The zero-order valence-corrected chi connectivity index (χ0v) is 31.5. The Morgan fingerprint density at radius 2 is 1.60 bits per heavy atom. The molecule has 0 fully saturated rings. The lowest BCUT2D eigenvalue weighted by Crippen LogP contribution is -2.37. The molecule has 0 saturated heterocycles. The third-order valence-electron chi connectivity index (χ3n) is 9.56. The number of fused-ring (bicyclic) bond motifs is 2. The van der Waals surface area contributed by atoms with Crippen LogP contribution in [0.5, 0.6) is 5.75 Å². The highest BCUT2D eigenvalue weighted by atomic mass is 35.5. The van der Waals surface area contributed by atoms with Crippen LogP contribution in [-0.2, 0) is 23.0 Å². The van der Waals surface area contributed by atoms with E-state index in [1.54, 1.807) is 28.9 Å². The first-order chi connectivity index (χ1) is 25.4. The highest BCUT2D eigenvalue weighted by molar-refractivity contribution is 7.90. The first-order valence-corrected chi connectivity index (χ1v) is 19.6. The topological polar surface area (TPSA) is 142 Å². The highest BCUT2D eigenvalue weighted by Crippen LogP contribution is 2.30. The minimum Gasteiger partial charge on any atom is -0.508 e. The molecule has 0 bridgehead atoms. The molecule has 1 aliphatic rings. The van der Waals surface area contributed by atoms with E-state index in [1.807, 2.05) is 24.3 Å². The maximum atomic E-state index is 14.4. The van der Waals surface area contributed by atoms with Crippen molar-refractivity contribution in [2.45, 2.75) is 64.3 Å². The van der Waals surface area contributed by atoms with Gasteiger partial charge in [0.05, 0.1) is 26.9 Å². The van der Waals surface area contributed by atoms with Crippen molar-refractivity contribution in [3.05, 3.63) is 118 Å². The van der Waals surface area contributed by atoms with E-state index in [1.165, 1.54) is 47.1 Å². The van der Waals surface area contributed by atoms with Crippen LogP contribution in [0.2, 0.25) is 5.02 Å². The summed E-state index contributed by atoms with van der Waals surface area (Å²) in [7, 11) is -4.36. The van der Waals surface area contributed by atoms with Crippen LogP contribution < -0.4 is 4.72 Å². The Kier molecular flexibility index (Phi) is 11.2. The zero-order chi connectivity index (χ0) is 37.9. The van der Waals surface area contributed by atoms with Gasteiger partial charge in [0.2, 0.25) is 0 Å². The molecule has 0 unspecified atom stereocenters. The number of hydrogen-bond acceptors (Lipinski definition) is 7. The Labute approximate surface area is 314 Å². The molecule has 0 atom stereocenters. The number of halogens is 1. The summed E-state index contributed by atoms with van der Waals surface area (Å²) in [6, 6.07) is 21.1. The van der Waals surface area contributed by atoms with Gasteiger partial charge < -0.3 is 14.9 Å². The van der Waals surface area contributed by atoms with Crippen molar-refractivity contribution in [1.29, 1.82) is 0 Å². The third-order valence-corrected chi connectivity index (χ3v) is 11.3. The van der Waals surface area contributed by atoms with E-state index in [9.17, 15) is 27.9 Å². The lowest BCUT2D eigenvalue weighted by Gasteiger charge is -2.29. The van der Waals surface area contributed by atoms with Gasteiger partial charge in [-0.05, 0) is 90.6 Å². The van der Waals surface area contributed by atoms with E-state index in [0.717, 1.165) is 36.8 Å². The Bertz CT molecular complexity index is 2310. The Morgan fingerprint density at radius 3 is 2.32 bits per heavy atom. The minimum atomic E-state index is -4.36. The van der Waals surface area contributed by atoms with Crippen LogP contribution in [0.1, 0.15) is 87.6 Å². The summed E-state index contributed by atoms with van der Waals surface area (Å²) in [5.74, 6) is -1.67. The molecule has 5 aromatic rings. The summed E-state index contributed by atoms with van der Waals surface area (Å²) in [4.78, 5) is 45.1. The summed E-state index contributed by atoms with van der Waals surface area (Å²) >= 11 is 6.79. The summed E-state index contributed by atoms with van der Waals surface area (Å²) in [5, 5.41) is 15.9. The van der Waals surface area contributed by atoms with E-state index in [2.05, 4.69) is 23.7 Å². The Balaban J connectivity index is 1.38. The molecule has 2 N–H and O–H groups in total. The fourth-order valence-electron chi connectivity index (χ4n) is 6.51. The largest absolute Gasteiger partial charge is 0.508 e. The maximum absolute atomic E-state index is 14.4. The van der Waals surface area contributed by atoms with Gasteiger partial charge >= 0.3 is 0 Å². The van der Waals surface area contributed by atoms with Crippen molar-refractivity contribution in [3.8, 4) is 11.4 Å². The molecule has 1 aliphatic heterocycles. The van der Waals surface area contributed by atoms with E-state index in [4.69, 9.17) is 11.6 Å². The SMILES string of the molecule is CCCCN(CCCC)C(=O)c1nn(-c2ccc(C(=O)NS(=O)(=O)c3ccc4ccc(O)cc4c3)cc2C(=O)N2CCc3ccccc3C2)c(C)c1Cl. The predicted octanol–water partition coefficient (Wildman–Crippen LogP) is 7.05. The number of sulfonamides is 1. The first-order valence-electron chi connectivity index (χ1n) is 17.8. The lowest BCUT2D eigenvalue weighted by molar-refractivity contribution is 0.0732. The number of benzene rings is 4. The average molecular weight is 756 g/mol. The van der Waals surface area contributed by atoms with Crippen LogP contribution in [-0.4, -0.2) is 70.5 Å². The van der Waals surface area contributed by atoms with Crippen molar-refractivity contribution < 1.29 is 27.9 Å². The van der Waals surface area contributed by atoms with Crippen molar-refractivity contribution in [2.24, 2.45) is 0 Å². The molecule has 13 heteroatoms. The second-order valence-electron chi connectivity index (χ2n) is 13.3. The summed E-state index contributed by atoms with van der Waals surface area (Å²) in [5.41, 5.74) is 2.95. The second kappa shape index (κ2) is 15.8. The van der Waals surface area contributed by atoms with Crippen molar-refractivity contribution >= 4 is 50.1 Å². The molecule has 1 aromatic heterocycles. The summed E-state index contributed by atoms with van der Waals surface area (Å²) in [6.07, 6.45) is 4.12. The molecule has 2 heterocycles. The van der Waals surface area contributed by atoms with Gasteiger partial charge in [-0.15, -0.1) is 0 Å². The van der Waals surface area contributed by atoms with Gasteiger partial charge in [0.15, 0.2) is 5.69 Å². The van der Waals surface area contributed by atoms with Gasteiger partial charge in [-0.25, -0.2) is 17.8 Å². The zero-order valence-electron chi connectivity index (χ0n) is 29.9. The normalized spacial score (nSPS) is 12.8. The van der Waals surface area contributed by atoms with Gasteiger partial charge in [0.1, 0.15) is 5.75 Å². The average Bonchev–Trinajstić information content (AvgIpc) is 3.46. The minimum absolute atomic E-state index is 0.0268. The number of nitrogens with one attached hydrogen (secondary N) is 1. The molecular weight excluding hydrogens is 714 g/mol. The number of rotatable bonds is 12. The summed E-state index contributed by atoms with van der Waals surface area (Å²) < 4.78 is 30.4. The van der Waals surface area contributed by atoms with Gasteiger partial charge in [-0.2, -0.15) is 5.10 Å². The number of carbonyl (C=O) groups is 3. The van der Waals surface area contributed by atoms with Crippen molar-refractivity contribution in [2.75, 3.05) is 19.6 Å². The van der Waals surface area contributed by atoms with E-state index < -0.39 is 21.8 Å². The molecule has 3 amide bonds. The van der Waals surface area contributed by atoms with Crippen LogP contribution >= 0.6 is 11.6 Å². The van der Waals surface area contributed by atoms with E-state index in [0.29, 0.717) is 49.1 Å². The maximum Gasteiger partial charge on any atom is 0.275 e. The molecule has 6 rings (SSSR count). The Hall–Kier alpha value is -5.20. The lowest BCUT2D eigenvalue weighted by atomic mass is 9.98. The number of phenols is 1. The summed E-state index contributed by atoms with van der Waals surface area (Å²) in [6.45, 7) is 7.70. The number of hydrogen-bond donors (Lipinski definition) is 2. The monoisotopic (exact) mass is 755 g/mol. The first kappa shape index (κ1) is 37.6. The molecular formula is C40H42ClN5O6S. The number of aromatic hydroxyl groups is 1. The number of carbonyl (C=O) groups excluding carboxylic acids is 3. The molecule has 11 nitrogen and oxygen atoms in total. The molecule has 0 spiro atoms. The fourth-order valence-corrected chi connectivity index (χ4v) is 7.72. The van der Waals surface area contributed by atoms with Crippen LogP contribution in [0.4, 0.5) is 0 Å². The van der Waals surface area contributed by atoms with Gasteiger partial charge in [0.25, 0.3) is 27.7 Å². The highest BCUT2D eigenvalue weighted by Gasteiger charge is 2.30. The number of phenolic OH excluding ortho intramolecular Hbond substituents is 1. The standard InChI is InChI=1S/C40H42ClN5O6S/c1-4-6-19-44(20-7-5-2)40(50)37-36(41)26(3)46(42-37)35-17-14-29(24-34(35)39(49)45-21-18-27-10-8-9-11-30(27)25-45)38(48)43-53(51,52)33-16-13-28-12-15-32(47)22-31(28)23-33/h8-17,22-24,47H,4-7,18-21,25H2,1-3H3,(H,43,48). The van der Waals surface area contributed by atoms with Crippen LogP contribution in [0.3, 0.4) is 0 Å². The van der Waals surface area contributed by atoms with Gasteiger partial charge in [-0.3, -0.25) is 14.4 Å². The van der Waals surface area contributed by atoms with Gasteiger partial charge in [0, 0.05) is 31.7 Å². The Morgan fingerprint density at radius 1 is 0.906 bits per heavy atom. The van der Waals surface area contributed by atoms with E-state index in [-0.39, 0.29) is 44.1 Å². The third kappa shape index (κ3) is 7.93. The van der Waals surface area contributed by atoms with Crippen molar-refractivity contribution in [1.82, 2.24) is 24.3 Å². The number of amides is 3. The smallest absolute Gasteiger partial charge is 0.275 e.